The Hall–Kier alpha value is -1.86. The first-order chi connectivity index (χ1) is 9.67. The predicted molar refractivity (Wildman–Crippen MR) is 79.6 cm³/mol. The number of hydrogen-bond donors (Lipinski definition) is 1. The molecule has 5 nitrogen and oxygen atoms in total. The molecule has 0 saturated carbocycles. The molecule has 104 valence electrons. The minimum absolute atomic E-state index is 0.300. The van der Waals surface area contributed by atoms with E-state index in [1.54, 1.807) is 29.8 Å². The summed E-state index contributed by atoms with van der Waals surface area (Å²) in [7, 11) is 1.31. The number of carbonyl (C=O) groups is 2. The average Bonchev–Trinajstić information content (AvgIpc) is 2.94. The highest BCUT2D eigenvalue weighted by Gasteiger charge is 2.18. The van der Waals surface area contributed by atoms with Crippen molar-refractivity contribution in [2.75, 3.05) is 18.7 Å². The van der Waals surface area contributed by atoms with Gasteiger partial charge in [-0.1, -0.05) is 0 Å². The van der Waals surface area contributed by atoms with Crippen LogP contribution in [0, 0.1) is 0 Å². The average molecular weight is 308 g/mol. The predicted octanol–water partition coefficient (Wildman–Crippen LogP) is 2.90. The summed E-state index contributed by atoms with van der Waals surface area (Å²) in [4.78, 5) is 28.3. The third-order valence-corrected chi connectivity index (χ3v) is 4.10. The largest absolute Gasteiger partial charge is 0.465 e. The highest BCUT2D eigenvalue weighted by Crippen LogP contribution is 2.25. The first-order valence-electron chi connectivity index (χ1n) is 5.63. The Labute approximate surface area is 124 Å². The summed E-state index contributed by atoms with van der Waals surface area (Å²) in [6.07, 6.45) is 3.48. The van der Waals surface area contributed by atoms with Crippen molar-refractivity contribution in [2.24, 2.45) is 0 Å². The lowest BCUT2D eigenvalue weighted by Crippen LogP contribution is -2.15. The van der Waals surface area contributed by atoms with Crippen LogP contribution in [0.2, 0.25) is 0 Å². The number of pyridine rings is 1. The number of nitrogens with one attached hydrogen (secondary N) is 1. The number of anilines is 1. The number of hydrogen-bond acceptors (Lipinski definition) is 6. The molecule has 0 aliphatic rings. The van der Waals surface area contributed by atoms with Crippen LogP contribution in [0.15, 0.2) is 34.8 Å². The molecule has 7 heteroatoms. The van der Waals surface area contributed by atoms with E-state index in [2.05, 4.69) is 15.0 Å². The number of thioether (sulfide) groups is 1. The van der Waals surface area contributed by atoms with Crippen molar-refractivity contribution >= 4 is 40.7 Å². The maximum atomic E-state index is 12.2. The van der Waals surface area contributed by atoms with Gasteiger partial charge in [0.15, 0.2) is 0 Å². The number of rotatable bonds is 4. The van der Waals surface area contributed by atoms with E-state index in [1.165, 1.54) is 30.2 Å². The van der Waals surface area contributed by atoms with Crippen molar-refractivity contribution in [1.29, 1.82) is 0 Å². The molecule has 1 amide bonds. The van der Waals surface area contributed by atoms with Gasteiger partial charge in [0.2, 0.25) is 0 Å². The minimum atomic E-state index is -0.466. The van der Waals surface area contributed by atoms with Crippen LogP contribution in [-0.2, 0) is 4.74 Å². The molecular weight excluding hydrogens is 296 g/mol. The second-order valence-electron chi connectivity index (χ2n) is 3.67. The van der Waals surface area contributed by atoms with Crippen molar-refractivity contribution < 1.29 is 14.3 Å². The number of aromatic nitrogens is 1. The van der Waals surface area contributed by atoms with Crippen LogP contribution in [0.1, 0.15) is 20.0 Å². The Morgan fingerprint density at radius 1 is 1.40 bits per heavy atom. The summed E-state index contributed by atoms with van der Waals surface area (Å²) in [5, 5.41) is 5.08. The molecule has 1 N–H and O–H groups in total. The molecule has 0 aromatic carbocycles. The quantitative estimate of drug-likeness (QED) is 0.695. The summed E-state index contributed by atoms with van der Waals surface area (Å²) < 4.78 is 4.67. The van der Waals surface area contributed by atoms with E-state index in [1.807, 2.05) is 6.26 Å². The molecular formula is C13H12N2O3S2. The minimum Gasteiger partial charge on any atom is -0.465 e. The Balaban J connectivity index is 2.24. The van der Waals surface area contributed by atoms with Gasteiger partial charge in [0.05, 0.1) is 18.4 Å². The fraction of sp³-hybridized carbons (Fsp3) is 0.154. The number of carbonyl (C=O) groups excluding carboxylic acids is 2. The molecule has 0 atom stereocenters. The van der Waals surface area contributed by atoms with Crippen molar-refractivity contribution in [1.82, 2.24) is 4.98 Å². The molecule has 2 aromatic rings. The Morgan fingerprint density at radius 3 is 2.90 bits per heavy atom. The van der Waals surface area contributed by atoms with Gasteiger partial charge >= 0.3 is 5.97 Å². The lowest BCUT2D eigenvalue weighted by molar-refractivity contribution is 0.0607. The molecule has 2 aromatic heterocycles. The van der Waals surface area contributed by atoms with Gasteiger partial charge < -0.3 is 10.1 Å². The molecule has 20 heavy (non-hydrogen) atoms. The molecule has 0 spiro atoms. The first-order valence-corrected chi connectivity index (χ1v) is 7.74. The Morgan fingerprint density at radius 2 is 2.20 bits per heavy atom. The lowest BCUT2D eigenvalue weighted by Gasteiger charge is -2.07. The van der Waals surface area contributed by atoms with Crippen LogP contribution in [0.4, 0.5) is 5.69 Å². The molecule has 2 heterocycles. The number of ether oxygens (including phenoxy) is 1. The molecule has 0 aliphatic carbocycles. The van der Waals surface area contributed by atoms with Crippen LogP contribution < -0.4 is 5.32 Å². The fourth-order valence-electron chi connectivity index (χ4n) is 1.57. The summed E-state index contributed by atoms with van der Waals surface area (Å²) in [6.45, 7) is 0. The third kappa shape index (κ3) is 3.00. The van der Waals surface area contributed by atoms with E-state index in [-0.39, 0.29) is 5.91 Å². The second-order valence-corrected chi connectivity index (χ2v) is 5.38. The van der Waals surface area contributed by atoms with Gasteiger partial charge in [0, 0.05) is 6.20 Å². The zero-order chi connectivity index (χ0) is 14.5. The standard InChI is InChI=1S/C13H12N2O3S2/c1-18-13(17)10-9(5-7-20-10)15-11(16)8-4-3-6-14-12(8)19-2/h3-7H,1-2H3,(H,15,16). The van der Waals surface area contributed by atoms with E-state index in [4.69, 9.17) is 0 Å². The van der Waals surface area contributed by atoms with Gasteiger partial charge in [-0.25, -0.2) is 9.78 Å². The van der Waals surface area contributed by atoms with Gasteiger partial charge in [-0.3, -0.25) is 4.79 Å². The maximum Gasteiger partial charge on any atom is 0.350 e. The summed E-state index contributed by atoms with van der Waals surface area (Å²) in [5.74, 6) is -0.766. The monoisotopic (exact) mass is 308 g/mol. The number of esters is 1. The zero-order valence-corrected chi connectivity index (χ0v) is 12.5. The molecule has 0 aliphatic heterocycles. The number of thiophene rings is 1. The van der Waals surface area contributed by atoms with Crippen LogP contribution in [0.3, 0.4) is 0 Å². The molecule has 0 bridgehead atoms. The van der Waals surface area contributed by atoms with Gasteiger partial charge in [-0.2, -0.15) is 0 Å². The third-order valence-electron chi connectivity index (χ3n) is 2.49. The van der Waals surface area contributed by atoms with Gasteiger partial charge in [-0.05, 0) is 29.8 Å². The smallest absolute Gasteiger partial charge is 0.350 e. The Kier molecular flexibility index (Phi) is 4.75. The second kappa shape index (κ2) is 6.53. The SMILES string of the molecule is COC(=O)c1sccc1NC(=O)c1cccnc1SC. The molecule has 0 radical (unpaired) electrons. The van der Waals surface area contributed by atoms with Crippen LogP contribution in [0.25, 0.3) is 0 Å². The van der Waals surface area contributed by atoms with Crippen molar-refractivity contribution in [2.45, 2.75) is 5.03 Å². The van der Waals surface area contributed by atoms with Crippen LogP contribution in [0.5, 0.6) is 0 Å². The topological polar surface area (TPSA) is 68.3 Å². The lowest BCUT2D eigenvalue weighted by atomic mass is 10.2. The highest BCUT2D eigenvalue weighted by atomic mass is 32.2. The number of amides is 1. The number of nitrogens with zero attached hydrogens (tertiary/aromatic N) is 1. The maximum absolute atomic E-state index is 12.2. The van der Waals surface area contributed by atoms with Crippen LogP contribution in [-0.4, -0.2) is 30.2 Å². The molecule has 0 saturated heterocycles. The molecule has 2 rings (SSSR count). The van der Waals surface area contributed by atoms with Crippen molar-refractivity contribution in [3.05, 3.63) is 40.2 Å². The van der Waals surface area contributed by atoms with Gasteiger partial charge in [0.1, 0.15) is 9.90 Å². The summed E-state index contributed by atoms with van der Waals surface area (Å²) in [6, 6.07) is 5.06. The van der Waals surface area contributed by atoms with Gasteiger partial charge in [-0.15, -0.1) is 23.1 Å². The summed E-state index contributed by atoms with van der Waals surface area (Å²) in [5.41, 5.74) is 0.921. The van der Waals surface area contributed by atoms with E-state index in [0.29, 0.717) is 21.2 Å². The van der Waals surface area contributed by atoms with Crippen molar-refractivity contribution in [3.8, 4) is 0 Å². The number of methoxy groups -OCH3 is 1. The van der Waals surface area contributed by atoms with E-state index in [0.717, 1.165) is 0 Å². The van der Waals surface area contributed by atoms with Gasteiger partial charge in [0.25, 0.3) is 5.91 Å². The summed E-state index contributed by atoms with van der Waals surface area (Å²) >= 11 is 2.61. The molecule has 0 unspecified atom stereocenters. The van der Waals surface area contributed by atoms with Crippen LogP contribution >= 0.6 is 23.1 Å². The van der Waals surface area contributed by atoms with Crippen molar-refractivity contribution in [3.63, 3.8) is 0 Å². The van der Waals surface area contributed by atoms with E-state index in [9.17, 15) is 9.59 Å². The highest BCUT2D eigenvalue weighted by molar-refractivity contribution is 7.98. The van der Waals surface area contributed by atoms with E-state index < -0.39 is 5.97 Å². The molecule has 0 fully saturated rings. The Bertz CT molecular complexity index is 640. The normalized spacial score (nSPS) is 10.1. The zero-order valence-electron chi connectivity index (χ0n) is 10.9. The van der Waals surface area contributed by atoms with E-state index >= 15 is 0 Å². The first kappa shape index (κ1) is 14.5. The fourth-order valence-corrected chi connectivity index (χ4v) is 2.89.